The molecule has 0 spiro atoms. The zero-order valence-electron chi connectivity index (χ0n) is 30.6. The number of nitrogens with one attached hydrogen (secondary N) is 2. The number of aliphatic hydroxyl groups excluding tert-OH is 2. The normalized spacial score (nSPS) is 40.5. The van der Waals surface area contributed by atoms with E-state index in [4.69, 9.17) is 4.84 Å². The van der Waals surface area contributed by atoms with E-state index in [2.05, 4.69) is 42.7 Å². The number of hydrogen-bond acceptors (Lipinski definition) is 7. The summed E-state index contributed by atoms with van der Waals surface area (Å²) in [7, 11) is -3.38. The van der Waals surface area contributed by atoms with Gasteiger partial charge in [0, 0.05) is 24.4 Å². The summed E-state index contributed by atoms with van der Waals surface area (Å²) in [6, 6.07) is -0.563. The molecule has 10 heteroatoms. The topological polar surface area (TPSA) is 128 Å². The van der Waals surface area contributed by atoms with Gasteiger partial charge in [0.1, 0.15) is 12.1 Å². The SMILES string of the molecule is C[C@@H]1[C@@H](NC(=O)C2[C@H]([C@H](C)O)[C@H](CO)ON2CC2CCCC(C#CCNS(=O)(=O)C3CCC(C4CCCCC4)CC3)C2)C[C@H]2C[C@@H]1C2(C)C. The predicted molar refractivity (Wildman–Crippen MR) is 191 cm³/mol. The molecule has 7 rings (SSSR count). The van der Waals surface area contributed by atoms with Gasteiger partial charge in [-0.3, -0.25) is 9.63 Å². The highest BCUT2D eigenvalue weighted by molar-refractivity contribution is 7.90. The van der Waals surface area contributed by atoms with Crippen LogP contribution in [-0.4, -0.2) is 78.8 Å². The van der Waals surface area contributed by atoms with Crippen molar-refractivity contribution in [2.45, 2.75) is 154 Å². The molecule has 0 aromatic rings. The summed E-state index contributed by atoms with van der Waals surface area (Å²) in [5.74, 6) is 9.38. The minimum Gasteiger partial charge on any atom is -0.394 e. The number of aliphatic hydroxyl groups is 2. The summed E-state index contributed by atoms with van der Waals surface area (Å²) in [6.45, 7) is 9.07. The smallest absolute Gasteiger partial charge is 0.240 e. The Kier molecular flexibility index (Phi) is 12.1. The van der Waals surface area contributed by atoms with Crippen LogP contribution in [0.25, 0.3) is 0 Å². The van der Waals surface area contributed by atoms with Gasteiger partial charge in [-0.05, 0) is 106 Å². The molecule has 6 aliphatic carbocycles. The van der Waals surface area contributed by atoms with Crippen LogP contribution in [0.1, 0.15) is 124 Å². The lowest BCUT2D eigenvalue weighted by Crippen LogP contribution is -2.62. The van der Waals surface area contributed by atoms with E-state index < -0.39 is 34.2 Å². The van der Waals surface area contributed by atoms with Gasteiger partial charge in [0.15, 0.2) is 0 Å². The summed E-state index contributed by atoms with van der Waals surface area (Å²) < 4.78 is 29.0. The van der Waals surface area contributed by atoms with E-state index in [1.54, 1.807) is 12.0 Å². The first kappa shape index (κ1) is 37.5. The summed E-state index contributed by atoms with van der Waals surface area (Å²) in [5.41, 5.74) is 0.325. The van der Waals surface area contributed by atoms with E-state index in [-0.39, 0.29) is 42.2 Å². The lowest BCUT2D eigenvalue weighted by Gasteiger charge is -2.62. The van der Waals surface area contributed by atoms with E-state index in [0.29, 0.717) is 35.6 Å². The van der Waals surface area contributed by atoms with Gasteiger partial charge in [0.25, 0.3) is 0 Å². The van der Waals surface area contributed by atoms with Crippen LogP contribution in [0, 0.1) is 64.6 Å². The largest absolute Gasteiger partial charge is 0.394 e. The molecule has 49 heavy (non-hydrogen) atoms. The molecule has 0 aromatic heterocycles. The molecule has 4 N–H and O–H groups in total. The summed E-state index contributed by atoms with van der Waals surface area (Å²) >= 11 is 0. The lowest BCUT2D eigenvalue weighted by atomic mass is 9.45. The Labute approximate surface area is 296 Å². The fraction of sp³-hybridized carbons (Fsp3) is 0.923. The Balaban J connectivity index is 1.01. The number of sulfonamides is 1. The molecule has 6 saturated carbocycles. The van der Waals surface area contributed by atoms with E-state index in [9.17, 15) is 23.4 Å². The van der Waals surface area contributed by atoms with E-state index in [1.807, 2.05) is 0 Å². The molecule has 1 amide bonds. The molecule has 0 aromatic carbocycles. The zero-order valence-corrected chi connectivity index (χ0v) is 31.4. The zero-order chi connectivity index (χ0) is 34.9. The Bertz CT molecular complexity index is 1300. The second-order valence-corrected chi connectivity index (χ2v) is 19.7. The van der Waals surface area contributed by atoms with Crippen LogP contribution >= 0.6 is 0 Å². The number of hydrogen-bond donors (Lipinski definition) is 4. The van der Waals surface area contributed by atoms with Gasteiger partial charge < -0.3 is 15.5 Å². The van der Waals surface area contributed by atoms with Crippen LogP contribution < -0.4 is 10.0 Å². The van der Waals surface area contributed by atoms with Gasteiger partial charge in [-0.1, -0.05) is 71.1 Å². The number of rotatable bonds is 10. The van der Waals surface area contributed by atoms with Crippen molar-refractivity contribution in [2.24, 2.45) is 52.8 Å². The average molecular weight is 704 g/mol. The Morgan fingerprint density at radius 2 is 1.69 bits per heavy atom. The second kappa shape index (κ2) is 15.8. The van der Waals surface area contributed by atoms with Crippen LogP contribution in [0.2, 0.25) is 0 Å². The molecular formula is C39H65N3O6S. The average Bonchev–Trinajstić information content (AvgIpc) is 3.46. The van der Waals surface area contributed by atoms with Gasteiger partial charge >= 0.3 is 0 Å². The molecule has 7 fully saturated rings. The van der Waals surface area contributed by atoms with E-state index in [1.165, 1.54) is 38.5 Å². The molecule has 3 unspecified atom stereocenters. The van der Waals surface area contributed by atoms with Gasteiger partial charge in [-0.2, -0.15) is 5.06 Å². The minimum atomic E-state index is -3.38. The first-order valence-electron chi connectivity index (χ1n) is 19.9. The Hall–Kier alpha value is -1.22. The number of fused-ring (bicyclic) bond motifs is 2. The first-order valence-corrected chi connectivity index (χ1v) is 21.4. The molecule has 9 nitrogen and oxygen atoms in total. The maximum atomic E-state index is 14.0. The van der Waals surface area contributed by atoms with Crippen LogP contribution in [-0.2, 0) is 19.7 Å². The minimum absolute atomic E-state index is 0.109. The second-order valence-electron chi connectivity index (χ2n) is 17.6. The van der Waals surface area contributed by atoms with Gasteiger partial charge in [0.2, 0.25) is 15.9 Å². The maximum absolute atomic E-state index is 14.0. The molecule has 10 atom stereocenters. The number of carbonyl (C=O) groups is 1. The molecule has 7 aliphatic rings. The molecule has 278 valence electrons. The van der Waals surface area contributed by atoms with Gasteiger partial charge in [-0.15, -0.1) is 0 Å². The van der Waals surface area contributed by atoms with Crippen LogP contribution in [0.5, 0.6) is 0 Å². The highest BCUT2D eigenvalue weighted by Gasteiger charge is 2.57. The van der Waals surface area contributed by atoms with Crippen molar-refractivity contribution in [3.05, 3.63) is 0 Å². The third-order valence-corrected chi connectivity index (χ3v) is 16.3. The maximum Gasteiger partial charge on any atom is 0.240 e. The Morgan fingerprint density at radius 1 is 0.980 bits per heavy atom. The highest BCUT2D eigenvalue weighted by atomic mass is 32.2. The monoisotopic (exact) mass is 703 g/mol. The lowest BCUT2D eigenvalue weighted by molar-refractivity contribution is -0.184. The molecule has 0 radical (unpaired) electrons. The third kappa shape index (κ3) is 8.23. The van der Waals surface area contributed by atoms with Crippen molar-refractivity contribution in [1.29, 1.82) is 0 Å². The first-order chi connectivity index (χ1) is 23.4. The number of nitrogens with zero attached hydrogens (tertiary/aromatic N) is 1. The summed E-state index contributed by atoms with van der Waals surface area (Å²) in [5, 5.41) is 25.8. The van der Waals surface area contributed by atoms with E-state index in [0.717, 1.165) is 63.7 Å². The molecule has 1 saturated heterocycles. The van der Waals surface area contributed by atoms with Crippen LogP contribution in [0.15, 0.2) is 0 Å². The van der Waals surface area contributed by atoms with Crippen molar-refractivity contribution in [2.75, 3.05) is 19.7 Å². The number of hydroxylamine groups is 2. The van der Waals surface area contributed by atoms with Gasteiger partial charge in [-0.25, -0.2) is 13.1 Å². The Morgan fingerprint density at radius 3 is 2.35 bits per heavy atom. The highest BCUT2D eigenvalue weighted by Crippen LogP contribution is 2.61. The third-order valence-electron chi connectivity index (χ3n) is 14.4. The van der Waals surface area contributed by atoms with Crippen molar-refractivity contribution in [3.8, 4) is 11.8 Å². The fourth-order valence-corrected chi connectivity index (χ4v) is 12.7. The molecular weight excluding hydrogens is 639 g/mol. The van der Waals surface area contributed by atoms with Crippen molar-refractivity contribution in [3.63, 3.8) is 0 Å². The quantitative estimate of drug-likeness (QED) is 0.236. The number of carbonyl (C=O) groups excluding carboxylic acids is 1. The van der Waals surface area contributed by atoms with Crippen LogP contribution in [0.4, 0.5) is 0 Å². The van der Waals surface area contributed by atoms with Crippen molar-refractivity contribution < 1.29 is 28.3 Å². The number of amides is 1. The van der Waals surface area contributed by atoms with Gasteiger partial charge in [0.05, 0.1) is 24.5 Å². The molecule has 2 bridgehead atoms. The summed E-state index contributed by atoms with van der Waals surface area (Å²) in [4.78, 5) is 20.2. The van der Waals surface area contributed by atoms with E-state index >= 15 is 0 Å². The molecule has 1 heterocycles. The van der Waals surface area contributed by atoms with Crippen molar-refractivity contribution >= 4 is 15.9 Å². The van der Waals surface area contributed by atoms with Crippen LogP contribution in [0.3, 0.4) is 0 Å². The standard InChI is InChI=1S/C39H65N3O6S/c1-25-33-21-31(39(33,3)4)22-34(25)41-38(45)37-36(26(2)44)35(24-43)48-42(37)23-28-11-8-10-27(20-28)12-9-19-40-49(46,47)32-17-15-30(16-18-32)29-13-6-5-7-14-29/h25-37,40,43-44H,5-8,10-11,13-24H2,1-4H3,(H,41,45)/t25-,26-,27?,28?,30?,31+,32?,33-,34-,35-,36+,37?/m0/s1. The summed E-state index contributed by atoms with van der Waals surface area (Å²) in [6.07, 6.45) is 14.8. The predicted octanol–water partition coefficient (Wildman–Crippen LogP) is 5.02. The fourth-order valence-electron chi connectivity index (χ4n) is 11.3. The van der Waals surface area contributed by atoms with Crippen molar-refractivity contribution in [1.82, 2.24) is 15.1 Å². The molecule has 1 aliphatic heterocycles.